The maximum atomic E-state index is 12.4. The van der Waals surface area contributed by atoms with Crippen LogP contribution in [0.1, 0.15) is 37.8 Å². The summed E-state index contributed by atoms with van der Waals surface area (Å²) >= 11 is 0. The minimum Gasteiger partial charge on any atom is -0.380 e. The summed E-state index contributed by atoms with van der Waals surface area (Å²) < 4.78 is 0. The van der Waals surface area contributed by atoms with Crippen molar-refractivity contribution in [3.05, 3.63) is 71.1 Å². The van der Waals surface area contributed by atoms with Crippen molar-refractivity contribution in [1.82, 2.24) is 15.6 Å². The molecule has 0 atom stereocenters. The van der Waals surface area contributed by atoms with Crippen LogP contribution in [0.5, 0.6) is 0 Å². The molecule has 0 spiro atoms. The molecule has 2 aliphatic rings. The highest BCUT2D eigenvalue weighted by molar-refractivity contribution is 6.00. The Kier molecular flexibility index (Phi) is 8.11. The molecule has 0 aromatic heterocycles. The molecule has 5 nitrogen and oxygen atoms in total. The molecule has 5 heteroatoms. The van der Waals surface area contributed by atoms with E-state index in [0.717, 1.165) is 41.9 Å². The predicted octanol–water partition coefficient (Wildman–Crippen LogP) is 3.32. The average Bonchev–Trinajstić information content (AvgIpc) is 2.76. The van der Waals surface area contributed by atoms with Crippen LogP contribution in [-0.2, 0) is 11.2 Å². The minimum atomic E-state index is -0.0988. The normalized spacial score (nSPS) is 16.4. The number of carbonyl (C=O) groups excluding carboxylic acids is 1. The molecular weight excluding hydrogens is 348 g/mol. The first-order valence-electron chi connectivity index (χ1n) is 9.50. The lowest BCUT2D eigenvalue weighted by atomic mass is 10.1. The molecular formula is C23H28N4O. The SMILES string of the molecule is C#C.CCc1ccc(/C(C)=N/N2CNC(CNC3=CCCC=C3)=CC2=O)cc1. The summed E-state index contributed by atoms with van der Waals surface area (Å²) in [6, 6.07) is 8.30. The van der Waals surface area contributed by atoms with Crippen molar-refractivity contribution in [2.45, 2.75) is 33.1 Å². The number of rotatable bonds is 6. The highest BCUT2D eigenvalue weighted by atomic mass is 16.2. The molecule has 1 aromatic rings. The molecule has 28 heavy (non-hydrogen) atoms. The number of nitrogens with zero attached hydrogens (tertiary/aromatic N) is 2. The zero-order valence-electron chi connectivity index (χ0n) is 16.6. The molecule has 146 valence electrons. The van der Waals surface area contributed by atoms with E-state index in [1.165, 1.54) is 10.6 Å². The predicted molar refractivity (Wildman–Crippen MR) is 115 cm³/mol. The van der Waals surface area contributed by atoms with Gasteiger partial charge in [-0.3, -0.25) is 4.79 Å². The average molecular weight is 377 g/mol. The molecule has 2 N–H and O–H groups in total. The number of terminal acetylenes is 1. The third-order valence-corrected chi connectivity index (χ3v) is 4.54. The van der Waals surface area contributed by atoms with Crippen LogP contribution in [0.25, 0.3) is 0 Å². The molecule has 1 heterocycles. The van der Waals surface area contributed by atoms with Crippen LogP contribution in [-0.4, -0.2) is 29.8 Å². The van der Waals surface area contributed by atoms with Gasteiger partial charge in [0.2, 0.25) is 0 Å². The number of aryl methyl sites for hydroxylation is 1. The second-order valence-electron chi connectivity index (χ2n) is 6.47. The van der Waals surface area contributed by atoms with Gasteiger partial charge in [-0.1, -0.05) is 43.3 Å². The van der Waals surface area contributed by atoms with Gasteiger partial charge in [-0.25, -0.2) is 5.01 Å². The maximum absolute atomic E-state index is 12.4. The Bertz CT molecular complexity index is 813. The van der Waals surface area contributed by atoms with E-state index in [9.17, 15) is 4.79 Å². The van der Waals surface area contributed by atoms with Gasteiger partial charge in [-0.2, -0.15) is 5.10 Å². The van der Waals surface area contributed by atoms with Crippen molar-refractivity contribution in [1.29, 1.82) is 0 Å². The number of hydrogen-bond acceptors (Lipinski definition) is 4. The Balaban J connectivity index is 0.00000136. The Morgan fingerprint density at radius 2 is 2.00 bits per heavy atom. The lowest BCUT2D eigenvalue weighted by molar-refractivity contribution is -0.127. The summed E-state index contributed by atoms with van der Waals surface area (Å²) in [5.41, 5.74) is 5.14. The molecule has 1 aromatic carbocycles. The molecule has 1 amide bonds. The Hall–Kier alpha value is -3.26. The fraction of sp³-hybridized carbons (Fsp3) is 0.304. The zero-order chi connectivity index (χ0) is 20.4. The van der Waals surface area contributed by atoms with Crippen molar-refractivity contribution in [2.75, 3.05) is 13.2 Å². The van der Waals surface area contributed by atoms with Gasteiger partial charge >= 0.3 is 0 Å². The monoisotopic (exact) mass is 376 g/mol. The second-order valence-corrected chi connectivity index (χ2v) is 6.47. The van der Waals surface area contributed by atoms with Gasteiger partial charge in [0, 0.05) is 17.5 Å². The number of nitrogens with one attached hydrogen (secondary N) is 2. The molecule has 0 saturated carbocycles. The van der Waals surface area contributed by atoms with Crippen LogP contribution in [0.4, 0.5) is 0 Å². The van der Waals surface area contributed by atoms with Crippen LogP contribution >= 0.6 is 0 Å². The van der Waals surface area contributed by atoms with E-state index in [0.29, 0.717) is 13.2 Å². The van der Waals surface area contributed by atoms with E-state index >= 15 is 0 Å². The molecule has 0 fully saturated rings. The summed E-state index contributed by atoms with van der Waals surface area (Å²) in [5, 5.41) is 12.5. The van der Waals surface area contributed by atoms with Gasteiger partial charge in [0.15, 0.2) is 0 Å². The van der Waals surface area contributed by atoms with E-state index in [2.05, 4.69) is 78.0 Å². The molecule has 3 rings (SSSR count). The number of amides is 1. The lowest BCUT2D eigenvalue weighted by Gasteiger charge is -2.25. The molecule has 1 aliphatic carbocycles. The number of carbonyl (C=O) groups is 1. The summed E-state index contributed by atoms with van der Waals surface area (Å²) in [7, 11) is 0. The maximum Gasteiger partial charge on any atom is 0.270 e. The summed E-state index contributed by atoms with van der Waals surface area (Å²) in [4.78, 5) is 12.4. The van der Waals surface area contributed by atoms with Crippen LogP contribution in [0.3, 0.4) is 0 Å². The first-order valence-corrected chi connectivity index (χ1v) is 9.50. The zero-order valence-corrected chi connectivity index (χ0v) is 16.6. The minimum absolute atomic E-state index is 0.0988. The first kappa shape index (κ1) is 21.0. The van der Waals surface area contributed by atoms with Crippen molar-refractivity contribution in [2.24, 2.45) is 5.10 Å². The second kappa shape index (κ2) is 10.8. The summed E-state index contributed by atoms with van der Waals surface area (Å²) in [6.45, 7) is 5.05. The van der Waals surface area contributed by atoms with Crippen molar-refractivity contribution >= 4 is 11.6 Å². The smallest absolute Gasteiger partial charge is 0.270 e. The quantitative estimate of drug-likeness (QED) is 0.592. The largest absolute Gasteiger partial charge is 0.380 e. The van der Waals surface area contributed by atoms with E-state index in [-0.39, 0.29) is 5.91 Å². The van der Waals surface area contributed by atoms with E-state index in [1.54, 1.807) is 6.08 Å². The van der Waals surface area contributed by atoms with E-state index < -0.39 is 0 Å². The number of hydrazone groups is 1. The van der Waals surface area contributed by atoms with Crippen LogP contribution in [0.15, 0.2) is 65.1 Å². The fourth-order valence-electron chi connectivity index (χ4n) is 2.89. The standard InChI is InChI=1S/C21H26N4O.C2H2/c1-3-17-9-11-18(12-10-17)16(2)24-25-15-23-20(13-21(25)26)14-22-19-7-5-4-6-8-19;1-2/h5,7-13,22-23H,3-4,6,14-15H2,1-2H3;1-2H/b24-16+;. The van der Waals surface area contributed by atoms with Gasteiger partial charge in [0.05, 0.1) is 12.3 Å². The molecule has 0 radical (unpaired) electrons. The fourth-order valence-corrected chi connectivity index (χ4v) is 2.89. The Morgan fingerprint density at radius 1 is 1.25 bits per heavy atom. The van der Waals surface area contributed by atoms with Gasteiger partial charge in [-0.15, -0.1) is 12.8 Å². The first-order chi connectivity index (χ1) is 13.7. The van der Waals surface area contributed by atoms with Gasteiger partial charge in [0.25, 0.3) is 5.91 Å². The van der Waals surface area contributed by atoms with Crippen molar-refractivity contribution < 1.29 is 4.79 Å². The molecule has 0 saturated heterocycles. The number of hydrogen-bond donors (Lipinski definition) is 2. The highest BCUT2D eigenvalue weighted by Gasteiger charge is 2.18. The van der Waals surface area contributed by atoms with Crippen molar-refractivity contribution in [3.63, 3.8) is 0 Å². The summed E-state index contributed by atoms with van der Waals surface area (Å²) in [6.07, 6.45) is 19.2. The Labute approximate surface area is 167 Å². The molecule has 1 aliphatic heterocycles. The third kappa shape index (κ3) is 5.88. The molecule has 0 bridgehead atoms. The molecule has 0 unspecified atom stereocenters. The summed E-state index contributed by atoms with van der Waals surface area (Å²) in [5.74, 6) is -0.0988. The van der Waals surface area contributed by atoms with Crippen molar-refractivity contribution in [3.8, 4) is 12.8 Å². The lowest BCUT2D eigenvalue weighted by Crippen LogP contribution is -2.41. The topological polar surface area (TPSA) is 56.7 Å². The van der Waals surface area contributed by atoms with Crippen LogP contribution < -0.4 is 10.6 Å². The number of allylic oxidation sites excluding steroid dienone is 3. The van der Waals surface area contributed by atoms with Gasteiger partial charge in [-0.05, 0) is 43.4 Å². The van der Waals surface area contributed by atoms with E-state index in [4.69, 9.17) is 0 Å². The van der Waals surface area contributed by atoms with Crippen LogP contribution in [0.2, 0.25) is 0 Å². The number of benzene rings is 1. The van der Waals surface area contributed by atoms with E-state index in [1.807, 2.05) is 6.92 Å². The van der Waals surface area contributed by atoms with Gasteiger partial charge in [0.1, 0.15) is 6.67 Å². The van der Waals surface area contributed by atoms with Gasteiger partial charge < -0.3 is 10.6 Å². The third-order valence-electron chi connectivity index (χ3n) is 4.54. The highest BCUT2D eigenvalue weighted by Crippen LogP contribution is 2.10. The van der Waals surface area contributed by atoms with Crippen LogP contribution in [0, 0.1) is 12.8 Å². The Morgan fingerprint density at radius 3 is 2.61 bits per heavy atom.